The van der Waals surface area contributed by atoms with E-state index in [0.717, 1.165) is 30.8 Å². The minimum atomic E-state index is 0.134. The van der Waals surface area contributed by atoms with Crippen LogP contribution in [0.5, 0.6) is 11.5 Å². The van der Waals surface area contributed by atoms with Gasteiger partial charge in [-0.1, -0.05) is 0 Å². The Kier molecular flexibility index (Phi) is 3.85. The fourth-order valence-electron chi connectivity index (χ4n) is 3.52. The Balaban J connectivity index is 1.53. The third kappa shape index (κ3) is 2.50. The zero-order valence-corrected chi connectivity index (χ0v) is 12.0. The smallest absolute Gasteiger partial charge is 0.119 e. The first kappa shape index (κ1) is 13.7. The van der Waals surface area contributed by atoms with Crippen LogP contribution in [0.25, 0.3) is 0 Å². The van der Waals surface area contributed by atoms with E-state index in [2.05, 4.69) is 0 Å². The molecule has 110 valence electrons. The summed E-state index contributed by atoms with van der Waals surface area (Å²) in [5.74, 6) is 1.72. The van der Waals surface area contributed by atoms with Crippen LogP contribution in [-0.2, 0) is 4.74 Å². The summed E-state index contributed by atoms with van der Waals surface area (Å²) in [6.45, 7) is 1.39. The molecule has 2 saturated heterocycles. The van der Waals surface area contributed by atoms with E-state index in [9.17, 15) is 0 Å². The molecular weight excluding hydrogens is 254 g/mol. The average Bonchev–Trinajstić information content (AvgIpc) is 3.09. The molecule has 3 unspecified atom stereocenters. The van der Waals surface area contributed by atoms with Crippen molar-refractivity contribution in [3.05, 3.63) is 24.3 Å². The van der Waals surface area contributed by atoms with E-state index in [0.29, 0.717) is 25.4 Å². The second-order valence-corrected chi connectivity index (χ2v) is 5.87. The van der Waals surface area contributed by atoms with Crippen molar-refractivity contribution in [2.24, 2.45) is 11.1 Å². The minimum Gasteiger partial charge on any atom is -0.497 e. The second kappa shape index (κ2) is 5.62. The SMILES string of the molecule is COc1ccc(OCCC2(CN)CC3CCC2O3)cc1. The molecule has 2 N–H and O–H groups in total. The summed E-state index contributed by atoms with van der Waals surface area (Å²) in [6, 6.07) is 7.69. The minimum absolute atomic E-state index is 0.134. The fourth-order valence-corrected chi connectivity index (χ4v) is 3.52. The molecule has 2 aliphatic heterocycles. The van der Waals surface area contributed by atoms with Gasteiger partial charge in [0.25, 0.3) is 0 Å². The molecule has 4 nitrogen and oxygen atoms in total. The molecule has 1 aromatic rings. The lowest BCUT2D eigenvalue weighted by molar-refractivity contribution is 0.0530. The number of ether oxygens (including phenoxy) is 3. The van der Waals surface area contributed by atoms with Crippen molar-refractivity contribution in [3.8, 4) is 11.5 Å². The van der Waals surface area contributed by atoms with Gasteiger partial charge in [0.1, 0.15) is 11.5 Å². The summed E-state index contributed by atoms with van der Waals surface area (Å²) in [4.78, 5) is 0. The summed E-state index contributed by atoms with van der Waals surface area (Å²) in [5, 5.41) is 0. The Hall–Kier alpha value is -1.26. The van der Waals surface area contributed by atoms with Crippen molar-refractivity contribution in [1.29, 1.82) is 0 Å². The molecule has 2 bridgehead atoms. The van der Waals surface area contributed by atoms with Crippen molar-refractivity contribution in [2.75, 3.05) is 20.3 Å². The first-order valence-corrected chi connectivity index (χ1v) is 7.38. The van der Waals surface area contributed by atoms with Crippen LogP contribution in [-0.4, -0.2) is 32.5 Å². The molecule has 0 radical (unpaired) electrons. The van der Waals surface area contributed by atoms with Gasteiger partial charge in [-0.15, -0.1) is 0 Å². The third-order valence-electron chi connectivity index (χ3n) is 4.76. The number of nitrogens with two attached hydrogens (primary N) is 1. The molecule has 2 heterocycles. The van der Waals surface area contributed by atoms with Crippen molar-refractivity contribution in [1.82, 2.24) is 0 Å². The van der Waals surface area contributed by atoms with Crippen LogP contribution in [0.1, 0.15) is 25.7 Å². The van der Waals surface area contributed by atoms with Gasteiger partial charge in [-0.25, -0.2) is 0 Å². The third-order valence-corrected chi connectivity index (χ3v) is 4.76. The summed E-state index contributed by atoms with van der Waals surface area (Å²) in [6.07, 6.45) is 5.20. The Bertz CT molecular complexity index is 448. The van der Waals surface area contributed by atoms with Gasteiger partial charge in [-0.05, 0) is 49.9 Å². The van der Waals surface area contributed by atoms with Crippen LogP contribution in [0, 0.1) is 5.41 Å². The average molecular weight is 277 g/mol. The monoisotopic (exact) mass is 277 g/mol. The van der Waals surface area contributed by atoms with Crippen molar-refractivity contribution >= 4 is 0 Å². The summed E-state index contributed by atoms with van der Waals surface area (Å²) < 4.78 is 16.9. The maximum absolute atomic E-state index is 6.02. The molecule has 20 heavy (non-hydrogen) atoms. The lowest BCUT2D eigenvalue weighted by atomic mass is 9.72. The van der Waals surface area contributed by atoms with Crippen molar-refractivity contribution < 1.29 is 14.2 Å². The lowest BCUT2D eigenvalue weighted by Crippen LogP contribution is -2.40. The van der Waals surface area contributed by atoms with Crippen LogP contribution >= 0.6 is 0 Å². The number of hydrogen-bond acceptors (Lipinski definition) is 4. The fraction of sp³-hybridized carbons (Fsp3) is 0.625. The van der Waals surface area contributed by atoms with Gasteiger partial charge in [0.15, 0.2) is 0 Å². The maximum atomic E-state index is 6.02. The summed E-state index contributed by atoms with van der Waals surface area (Å²) in [7, 11) is 1.66. The number of benzene rings is 1. The van der Waals surface area contributed by atoms with E-state index < -0.39 is 0 Å². The zero-order chi connectivity index (χ0) is 14.0. The van der Waals surface area contributed by atoms with E-state index in [4.69, 9.17) is 19.9 Å². The predicted molar refractivity (Wildman–Crippen MR) is 77.1 cm³/mol. The summed E-state index contributed by atoms with van der Waals surface area (Å²) >= 11 is 0. The molecule has 4 heteroatoms. The standard InChI is InChI=1S/C16H23NO3/c1-18-12-2-4-13(5-3-12)19-9-8-16(11-17)10-14-6-7-15(16)20-14/h2-5,14-15H,6-11,17H2,1H3. The molecule has 0 saturated carbocycles. The van der Waals surface area contributed by atoms with E-state index in [1.165, 1.54) is 6.42 Å². The zero-order valence-electron chi connectivity index (χ0n) is 12.0. The van der Waals surface area contributed by atoms with Gasteiger partial charge in [0.05, 0.1) is 25.9 Å². The van der Waals surface area contributed by atoms with E-state index in [-0.39, 0.29) is 5.41 Å². The highest BCUT2D eigenvalue weighted by Crippen LogP contribution is 2.49. The molecule has 0 aliphatic carbocycles. The van der Waals surface area contributed by atoms with E-state index >= 15 is 0 Å². The molecule has 1 aromatic carbocycles. The van der Waals surface area contributed by atoms with Gasteiger partial charge < -0.3 is 19.9 Å². The molecule has 3 atom stereocenters. The van der Waals surface area contributed by atoms with Gasteiger partial charge in [0.2, 0.25) is 0 Å². The van der Waals surface area contributed by atoms with Gasteiger partial charge >= 0.3 is 0 Å². The summed E-state index contributed by atoms with van der Waals surface area (Å²) in [5.41, 5.74) is 6.15. The maximum Gasteiger partial charge on any atom is 0.119 e. The van der Waals surface area contributed by atoms with Crippen LogP contribution in [0.15, 0.2) is 24.3 Å². The molecular formula is C16H23NO3. The van der Waals surface area contributed by atoms with Crippen LogP contribution < -0.4 is 15.2 Å². The van der Waals surface area contributed by atoms with Crippen LogP contribution in [0.3, 0.4) is 0 Å². The number of hydrogen-bond donors (Lipinski definition) is 1. The number of fused-ring (bicyclic) bond motifs is 2. The van der Waals surface area contributed by atoms with Gasteiger partial charge in [-0.3, -0.25) is 0 Å². The van der Waals surface area contributed by atoms with Gasteiger partial charge in [0, 0.05) is 12.0 Å². The molecule has 3 rings (SSSR count). The highest BCUT2D eigenvalue weighted by atomic mass is 16.5. The molecule has 0 aromatic heterocycles. The highest BCUT2D eigenvalue weighted by Gasteiger charge is 2.51. The number of rotatable bonds is 6. The molecule has 2 fully saturated rings. The molecule has 2 aliphatic rings. The topological polar surface area (TPSA) is 53.7 Å². The highest BCUT2D eigenvalue weighted by molar-refractivity contribution is 5.31. The lowest BCUT2D eigenvalue weighted by Gasteiger charge is -2.34. The van der Waals surface area contributed by atoms with E-state index in [1.54, 1.807) is 7.11 Å². The Morgan fingerprint density at radius 3 is 2.55 bits per heavy atom. The van der Waals surface area contributed by atoms with E-state index in [1.807, 2.05) is 24.3 Å². The largest absolute Gasteiger partial charge is 0.497 e. The molecule has 0 spiro atoms. The van der Waals surface area contributed by atoms with Crippen molar-refractivity contribution in [3.63, 3.8) is 0 Å². The Labute approximate surface area is 120 Å². The predicted octanol–water partition coefficient (Wildman–Crippen LogP) is 2.36. The van der Waals surface area contributed by atoms with Crippen LogP contribution in [0.2, 0.25) is 0 Å². The van der Waals surface area contributed by atoms with Crippen LogP contribution in [0.4, 0.5) is 0 Å². The first-order chi connectivity index (χ1) is 9.75. The quantitative estimate of drug-likeness (QED) is 0.867. The number of methoxy groups -OCH3 is 1. The Morgan fingerprint density at radius 2 is 2.00 bits per heavy atom. The van der Waals surface area contributed by atoms with Gasteiger partial charge in [-0.2, -0.15) is 0 Å². The Morgan fingerprint density at radius 1 is 1.25 bits per heavy atom. The second-order valence-electron chi connectivity index (χ2n) is 5.87. The normalized spacial score (nSPS) is 31.5. The molecule has 0 amide bonds. The first-order valence-electron chi connectivity index (χ1n) is 7.38. The van der Waals surface area contributed by atoms with Crippen molar-refractivity contribution in [2.45, 2.75) is 37.9 Å².